The highest BCUT2D eigenvalue weighted by atomic mass is 35.5. The second-order valence-electron chi connectivity index (χ2n) is 3.41. The number of para-hydroxylation sites is 1. The van der Waals surface area contributed by atoms with Crippen molar-refractivity contribution in [1.29, 1.82) is 0 Å². The molecule has 68 valence electrons. The van der Waals surface area contributed by atoms with Gasteiger partial charge in [-0.05, 0) is 18.9 Å². The summed E-state index contributed by atoms with van der Waals surface area (Å²) in [5.41, 5.74) is 0.213. The van der Waals surface area contributed by atoms with Gasteiger partial charge in [0.25, 0.3) is 0 Å². The molecule has 0 bridgehead atoms. The van der Waals surface area contributed by atoms with Gasteiger partial charge in [0.1, 0.15) is 12.0 Å². The summed E-state index contributed by atoms with van der Waals surface area (Å²) in [6.45, 7) is 0. The van der Waals surface area contributed by atoms with Gasteiger partial charge in [-0.2, -0.15) is 0 Å². The topological polar surface area (TPSA) is 37.3 Å². The maximum Gasteiger partial charge on any atom is 0.138 e. The zero-order valence-electron chi connectivity index (χ0n) is 6.96. The minimum absolute atomic E-state index is 0.0498. The lowest BCUT2D eigenvalue weighted by Crippen LogP contribution is -2.07. The Labute approximate surface area is 81.1 Å². The molecule has 1 aliphatic carbocycles. The molecule has 1 fully saturated rings. The highest BCUT2D eigenvalue weighted by Crippen LogP contribution is 2.50. The van der Waals surface area contributed by atoms with Crippen LogP contribution in [-0.2, 0) is 10.2 Å². The number of carbonyl (C=O) groups is 1. The molecule has 1 aromatic rings. The third-order valence-electron chi connectivity index (χ3n) is 2.54. The van der Waals surface area contributed by atoms with Crippen LogP contribution >= 0.6 is 11.6 Å². The third-order valence-corrected chi connectivity index (χ3v) is 2.84. The number of hydrogen-bond acceptors (Lipinski definition) is 2. The quantitative estimate of drug-likeness (QED) is 0.737. The standard InChI is InChI=1S/C10H9ClO2/c11-8-3-1-2-7(9(8)13)10(6-12)4-5-10/h1-3,6,13H,4-5H2. The molecule has 0 aromatic heterocycles. The summed E-state index contributed by atoms with van der Waals surface area (Å²) in [6, 6.07) is 5.12. The van der Waals surface area contributed by atoms with E-state index >= 15 is 0 Å². The van der Waals surface area contributed by atoms with E-state index in [1.54, 1.807) is 18.2 Å². The Morgan fingerprint density at radius 1 is 1.46 bits per heavy atom. The first kappa shape index (κ1) is 8.57. The third kappa shape index (κ3) is 1.22. The number of hydrogen-bond donors (Lipinski definition) is 1. The Morgan fingerprint density at radius 3 is 2.69 bits per heavy atom. The van der Waals surface area contributed by atoms with Crippen LogP contribution in [0.1, 0.15) is 18.4 Å². The number of aromatic hydroxyl groups is 1. The first-order chi connectivity index (χ1) is 6.19. The first-order valence-corrected chi connectivity index (χ1v) is 4.52. The van der Waals surface area contributed by atoms with Crippen LogP contribution in [0.5, 0.6) is 5.75 Å². The summed E-state index contributed by atoms with van der Waals surface area (Å²) >= 11 is 5.74. The maximum atomic E-state index is 10.8. The van der Waals surface area contributed by atoms with Crippen molar-refractivity contribution in [2.75, 3.05) is 0 Å². The molecule has 0 heterocycles. The molecule has 3 heteroatoms. The molecule has 0 radical (unpaired) electrons. The van der Waals surface area contributed by atoms with Gasteiger partial charge in [-0.15, -0.1) is 0 Å². The normalized spacial score (nSPS) is 18.2. The Hall–Kier alpha value is -1.02. The molecule has 1 N–H and O–H groups in total. The zero-order chi connectivity index (χ0) is 9.47. The van der Waals surface area contributed by atoms with Crippen LogP contribution in [0.3, 0.4) is 0 Å². The van der Waals surface area contributed by atoms with E-state index in [4.69, 9.17) is 11.6 Å². The number of halogens is 1. The van der Waals surface area contributed by atoms with Crippen LogP contribution in [0.2, 0.25) is 5.02 Å². The van der Waals surface area contributed by atoms with Gasteiger partial charge in [0.15, 0.2) is 0 Å². The molecule has 2 nitrogen and oxygen atoms in total. The molecule has 0 unspecified atom stereocenters. The van der Waals surface area contributed by atoms with Crippen molar-refractivity contribution in [3.8, 4) is 5.75 Å². The van der Waals surface area contributed by atoms with Crippen LogP contribution in [0.4, 0.5) is 0 Å². The second kappa shape index (κ2) is 2.74. The minimum Gasteiger partial charge on any atom is -0.506 e. The van der Waals surface area contributed by atoms with Crippen molar-refractivity contribution in [2.24, 2.45) is 0 Å². The fourth-order valence-corrected chi connectivity index (χ4v) is 1.68. The van der Waals surface area contributed by atoms with Crippen molar-refractivity contribution < 1.29 is 9.90 Å². The van der Waals surface area contributed by atoms with E-state index in [1.807, 2.05) is 0 Å². The molecule has 1 aliphatic rings. The van der Waals surface area contributed by atoms with E-state index in [2.05, 4.69) is 0 Å². The molecule has 13 heavy (non-hydrogen) atoms. The van der Waals surface area contributed by atoms with Crippen molar-refractivity contribution in [2.45, 2.75) is 18.3 Å². The van der Waals surface area contributed by atoms with Gasteiger partial charge < -0.3 is 9.90 Å². The Morgan fingerprint density at radius 2 is 2.15 bits per heavy atom. The van der Waals surface area contributed by atoms with E-state index in [1.165, 1.54) is 0 Å². The maximum absolute atomic E-state index is 10.8. The fraction of sp³-hybridized carbons (Fsp3) is 0.300. The Kier molecular flexibility index (Phi) is 1.81. The van der Waals surface area contributed by atoms with Crippen LogP contribution in [0.15, 0.2) is 18.2 Å². The lowest BCUT2D eigenvalue weighted by molar-refractivity contribution is -0.109. The van der Waals surface area contributed by atoms with Crippen LogP contribution in [0.25, 0.3) is 0 Å². The van der Waals surface area contributed by atoms with Gasteiger partial charge in [-0.25, -0.2) is 0 Å². The van der Waals surface area contributed by atoms with Crippen LogP contribution in [-0.4, -0.2) is 11.4 Å². The highest BCUT2D eigenvalue weighted by molar-refractivity contribution is 6.32. The highest BCUT2D eigenvalue weighted by Gasteiger charge is 2.46. The predicted molar refractivity (Wildman–Crippen MR) is 50.1 cm³/mol. The van der Waals surface area contributed by atoms with Gasteiger partial charge in [-0.1, -0.05) is 23.7 Å². The Bertz CT molecular complexity index is 356. The van der Waals surface area contributed by atoms with Crippen molar-refractivity contribution >= 4 is 17.9 Å². The van der Waals surface area contributed by atoms with Crippen molar-refractivity contribution in [3.05, 3.63) is 28.8 Å². The van der Waals surface area contributed by atoms with Crippen LogP contribution in [0, 0.1) is 0 Å². The molecule has 1 saturated carbocycles. The second-order valence-corrected chi connectivity index (χ2v) is 3.82. The van der Waals surface area contributed by atoms with Gasteiger partial charge >= 0.3 is 0 Å². The zero-order valence-corrected chi connectivity index (χ0v) is 7.71. The van der Waals surface area contributed by atoms with Crippen molar-refractivity contribution in [1.82, 2.24) is 0 Å². The average Bonchev–Trinajstić information content (AvgIpc) is 2.90. The summed E-state index contributed by atoms with van der Waals surface area (Å²) in [5.74, 6) is 0.0498. The monoisotopic (exact) mass is 196 g/mol. The SMILES string of the molecule is O=CC1(c2cccc(Cl)c2O)CC1. The van der Waals surface area contributed by atoms with E-state index < -0.39 is 5.41 Å². The molecule has 0 amide bonds. The van der Waals surface area contributed by atoms with E-state index in [9.17, 15) is 9.90 Å². The smallest absolute Gasteiger partial charge is 0.138 e. The summed E-state index contributed by atoms with van der Waals surface area (Å²) in [5, 5.41) is 9.92. The number of aldehydes is 1. The summed E-state index contributed by atoms with van der Waals surface area (Å²) < 4.78 is 0. The minimum atomic E-state index is -0.449. The van der Waals surface area contributed by atoms with Gasteiger partial charge in [0.05, 0.1) is 10.4 Å². The lowest BCUT2D eigenvalue weighted by atomic mass is 9.97. The largest absolute Gasteiger partial charge is 0.506 e. The average molecular weight is 197 g/mol. The molecule has 2 rings (SSSR count). The first-order valence-electron chi connectivity index (χ1n) is 4.14. The fourth-order valence-electron chi connectivity index (χ4n) is 1.50. The molecule has 0 saturated heterocycles. The summed E-state index contributed by atoms with van der Waals surface area (Å²) in [7, 11) is 0. The van der Waals surface area contributed by atoms with Crippen LogP contribution < -0.4 is 0 Å². The molecule has 1 aromatic carbocycles. The van der Waals surface area contributed by atoms with E-state index in [-0.39, 0.29) is 5.75 Å². The van der Waals surface area contributed by atoms with Gasteiger partial charge in [-0.3, -0.25) is 0 Å². The molecule has 0 atom stereocenters. The molecular weight excluding hydrogens is 188 g/mol. The number of phenolic OH excluding ortho intramolecular Hbond substituents is 1. The van der Waals surface area contributed by atoms with Gasteiger partial charge in [0.2, 0.25) is 0 Å². The summed E-state index contributed by atoms with van der Waals surface area (Å²) in [4.78, 5) is 10.8. The van der Waals surface area contributed by atoms with Crippen molar-refractivity contribution in [3.63, 3.8) is 0 Å². The Balaban J connectivity index is 2.52. The lowest BCUT2D eigenvalue weighted by Gasteiger charge is -2.10. The van der Waals surface area contributed by atoms with E-state index in [0.717, 1.165) is 19.1 Å². The van der Waals surface area contributed by atoms with Gasteiger partial charge in [0, 0.05) is 5.56 Å². The molecule has 0 aliphatic heterocycles. The predicted octanol–water partition coefficient (Wildman–Crippen LogP) is 2.28. The number of benzene rings is 1. The number of rotatable bonds is 2. The summed E-state index contributed by atoms with van der Waals surface area (Å²) in [6.07, 6.45) is 2.52. The number of phenols is 1. The number of carbonyl (C=O) groups excluding carboxylic acids is 1. The molecular formula is C10H9ClO2. The van der Waals surface area contributed by atoms with E-state index in [0.29, 0.717) is 10.6 Å². The molecule has 0 spiro atoms.